The summed E-state index contributed by atoms with van der Waals surface area (Å²) in [5, 5.41) is 0. The highest BCUT2D eigenvalue weighted by Crippen LogP contribution is 2.33. The summed E-state index contributed by atoms with van der Waals surface area (Å²) < 4.78 is 16.6. The molecule has 0 saturated carbocycles. The fraction of sp³-hybridized carbons (Fsp3) is 0.571. The van der Waals surface area contributed by atoms with E-state index < -0.39 is 0 Å². The maximum absolute atomic E-state index is 5.71. The minimum atomic E-state index is 0.231. The Kier molecular flexibility index (Phi) is 12.1. The van der Waals surface area contributed by atoms with Gasteiger partial charge in [-0.3, -0.25) is 0 Å². The largest absolute Gasteiger partial charge is 0.381 e. The topological polar surface area (TPSA) is 27.7 Å². The zero-order chi connectivity index (χ0) is 32.7. The molecule has 3 heteroatoms. The SMILES string of the molecule is CC(C)(C)c1cccc(C2CCCO2)c1.CC(C)(C)c1cccc([C@@H]2CCOC2)c1.CC(C)(C)c1cccc([C@H]2CCOC2)c1. The molecule has 0 spiro atoms. The smallest absolute Gasteiger partial charge is 0.0825 e. The van der Waals surface area contributed by atoms with Gasteiger partial charge in [0.05, 0.1) is 19.3 Å². The van der Waals surface area contributed by atoms with Gasteiger partial charge in [0.2, 0.25) is 0 Å². The van der Waals surface area contributed by atoms with Crippen LogP contribution in [-0.4, -0.2) is 33.0 Å². The first-order valence-corrected chi connectivity index (χ1v) is 17.3. The molecule has 0 amide bonds. The average molecular weight is 613 g/mol. The van der Waals surface area contributed by atoms with Gasteiger partial charge in [-0.1, -0.05) is 135 Å². The Balaban J connectivity index is 0.000000154. The molecule has 0 aromatic heterocycles. The van der Waals surface area contributed by atoms with Gasteiger partial charge < -0.3 is 14.2 Å². The van der Waals surface area contributed by atoms with E-state index in [1.165, 1.54) is 59.1 Å². The first-order chi connectivity index (χ1) is 21.2. The summed E-state index contributed by atoms with van der Waals surface area (Å²) in [6.45, 7) is 24.9. The zero-order valence-electron chi connectivity index (χ0n) is 29.7. The van der Waals surface area contributed by atoms with Gasteiger partial charge in [-0.05, 0) is 75.3 Å². The van der Waals surface area contributed by atoms with Crippen molar-refractivity contribution in [3.63, 3.8) is 0 Å². The monoisotopic (exact) mass is 612 g/mol. The quantitative estimate of drug-likeness (QED) is 0.294. The molecule has 0 bridgehead atoms. The Morgan fingerprint density at radius 3 is 1.22 bits per heavy atom. The second-order valence-electron chi connectivity index (χ2n) is 16.2. The van der Waals surface area contributed by atoms with Gasteiger partial charge in [0.15, 0.2) is 0 Å². The van der Waals surface area contributed by atoms with Crippen LogP contribution in [0, 0.1) is 0 Å². The molecular formula is C42H60O3. The second-order valence-corrected chi connectivity index (χ2v) is 16.2. The Morgan fingerprint density at radius 2 is 0.889 bits per heavy atom. The van der Waals surface area contributed by atoms with Crippen LogP contribution in [0.1, 0.15) is 139 Å². The molecule has 0 radical (unpaired) electrons. The molecule has 1 unspecified atom stereocenters. The number of rotatable bonds is 3. The van der Waals surface area contributed by atoms with Gasteiger partial charge in [0, 0.05) is 31.7 Å². The lowest BCUT2D eigenvalue weighted by molar-refractivity contribution is 0.112. The Hall–Kier alpha value is -2.46. The van der Waals surface area contributed by atoms with Gasteiger partial charge >= 0.3 is 0 Å². The third-order valence-corrected chi connectivity index (χ3v) is 9.36. The van der Waals surface area contributed by atoms with Gasteiger partial charge in [-0.15, -0.1) is 0 Å². The maximum Gasteiger partial charge on any atom is 0.0825 e. The lowest BCUT2D eigenvalue weighted by atomic mass is 9.84. The van der Waals surface area contributed by atoms with Crippen molar-refractivity contribution in [1.29, 1.82) is 0 Å². The normalized spacial score (nSPS) is 21.9. The number of hydrogen-bond donors (Lipinski definition) is 0. The average Bonchev–Trinajstić information content (AvgIpc) is 3.81. The van der Waals surface area contributed by atoms with Crippen molar-refractivity contribution >= 4 is 0 Å². The van der Waals surface area contributed by atoms with E-state index in [4.69, 9.17) is 14.2 Å². The van der Waals surface area contributed by atoms with Crippen molar-refractivity contribution in [3.05, 3.63) is 106 Å². The molecule has 3 aliphatic heterocycles. The van der Waals surface area contributed by atoms with E-state index >= 15 is 0 Å². The highest BCUT2D eigenvalue weighted by molar-refractivity contribution is 5.33. The van der Waals surface area contributed by atoms with Crippen LogP contribution in [0.2, 0.25) is 0 Å². The van der Waals surface area contributed by atoms with Crippen molar-refractivity contribution in [3.8, 4) is 0 Å². The molecule has 3 atom stereocenters. The lowest BCUT2D eigenvalue weighted by Gasteiger charge is -2.21. The van der Waals surface area contributed by atoms with Crippen molar-refractivity contribution in [2.45, 2.75) is 122 Å². The summed E-state index contributed by atoms with van der Waals surface area (Å²) >= 11 is 0. The molecule has 3 aromatic rings. The van der Waals surface area contributed by atoms with Gasteiger partial charge in [-0.25, -0.2) is 0 Å². The van der Waals surface area contributed by atoms with Crippen LogP contribution in [0.3, 0.4) is 0 Å². The van der Waals surface area contributed by atoms with Crippen LogP contribution in [0.4, 0.5) is 0 Å². The standard InChI is InChI=1S/3C14H20O/c1-14(2,3)12-7-4-6-11(10-12)13-8-5-9-15-13;2*1-14(2,3)13-6-4-5-11(9-13)12-7-8-15-10-12/h4,6-7,10,13H,5,8-9H2,1-3H3;2*4-6,9,12H,7-8,10H2,1-3H3/t;2*12-/m.10/s1. The Bertz CT molecular complexity index is 1150. The Labute approximate surface area is 275 Å². The third kappa shape index (κ3) is 10.5. The summed E-state index contributed by atoms with van der Waals surface area (Å²) in [7, 11) is 0. The number of benzene rings is 3. The van der Waals surface area contributed by atoms with E-state index in [1.54, 1.807) is 0 Å². The fourth-order valence-electron chi connectivity index (χ4n) is 6.16. The van der Waals surface area contributed by atoms with Gasteiger partial charge in [-0.2, -0.15) is 0 Å². The van der Waals surface area contributed by atoms with Crippen LogP contribution in [0.5, 0.6) is 0 Å². The van der Waals surface area contributed by atoms with Crippen molar-refractivity contribution in [1.82, 2.24) is 0 Å². The molecule has 3 aromatic carbocycles. The van der Waals surface area contributed by atoms with E-state index in [9.17, 15) is 0 Å². The molecule has 3 heterocycles. The molecule has 246 valence electrons. The highest BCUT2D eigenvalue weighted by Gasteiger charge is 2.22. The molecule has 0 N–H and O–H groups in total. The summed E-state index contributed by atoms with van der Waals surface area (Å²) in [5.41, 5.74) is 9.20. The minimum Gasteiger partial charge on any atom is -0.381 e. The van der Waals surface area contributed by atoms with Gasteiger partial charge in [0.25, 0.3) is 0 Å². The van der Waals surface area contributed by atoms with Gasteiger partial charge in [0.1, 0.15) is 0 Å². The van der Waals surface area contributed by atoms with E-state index in [2.05, 4.69) is 135 Å². The molecular weight excluding hydrogens is 552 g/mol. The lowest BCUT2D eigenvalue weighted by Crippen LogP contribution is -2.12. The van der Waals surface area contributed by atoms with Crippen molar-refractivity contribution in [2.24, 2.45) is 0 Å². The third-order valence-electron chi connectivity index (χ3n) is 9.36. The molecule has 3 nitrogen and oxygen atoms in total. The van der Waals surface area contributed by atoms with E-state index in [1.807, 2.05) is 0 Å². The zero-order valence-corrected chi connectivity index (χ0v) is 29.7. The molecule has 3 aliphatic rings. The van der Waals surface area contributed by atoms with E-state index in [0.717, 1.165) is 33.0 Å². The van der Waals surface area contributed by atoms with Crippen molar-refractivity contribution in [2.75, 3.05) is 33.0 Å². The molecule has 3 fully saturated rings. The Morgan fingerprint density at radius 1 is 0.489 bits per heavy atom. The summed E-state index contributed by atoms with van der Waals surface area (Å²) in [4.78, 5) is 0. The van der Waals surface area contributed by atoms with Crippen LogP contribution < -0.4 is 0 Å². The van der Waals surface area contributed by atoms with Crippen molar-refractivity contribution < 1.29 is 14.2 Å². The first-order valence-electron chi connectivity index (χ1n) is 17.3. The molecule has 3 saturated heterocycles. The summed E-state index contributed by atoms with van der Waals surface area (Å²) in [6, 6.07) is 26.8. The van der Waals surface area contributed by atoms with Crippen LogP contribution >= 0.6 is 0 Å². The fourth-order valence-corrected chi connectivity index (χ4v) is 6.16. The van der Waals surface area contributed by atoms with Crippen LogP contribution in [0.15, 0.2) is 72.8 Å². The maximum atomic E-state index is 5.71. The van der Waals surface area contributed by atoms with Crippen LogP contribution in [0.25, 0.3) is 0 Å². The molecule has 6 rings (SSSR count). The highest BCUT2D eigenvalue weighted by atomic mass is 16.5. The predicted octanol–water partition coefficient (Wildman–Crippen LogP) is 10.8. The number of hydrogen-bond acceptors (Lipinski definition) is 3. The summed E-state index contributed by atoms with van der Waals surface area (Å²) in [5.74, 6) is 1.24. The summed E-state index contributed by atoms with van der Waals surface area (Å²) in [6.07, 6.45) is 5.06. The first kappa shape index (κ1) is 35.4. The molecule has 0 aliphatic carbocycles. The van der Waals surface area contributed by atoms with Crippen LogP contribution in [-0.2, 0) is 30.5 Å². The van der Waals surface area contributed by atoms with E-state index in [0.29, 0.717) is 17.9 Å². The van der Waals surface area contributed by atoms with E-state index in [-0.39, 0.29) is 16.2 Å². The number of ether oxygens (including phenoxy) is 3. The minimum absolute atomic E-state index is 0.231. The predicted molar refractivity (Wildman–Crippen MR) is 190 cm³/mol. The second kappa shape index (κ2) is 15.4. The molecule has 45 heavy (non-hydrogen) atoms.